The van der Waals surface area contributed by atoms with E-state index in [0.717, 1.165) is 12.8 Å². The zero-order chi connectivity index (χ0) is 8.39. The van der Waals surface area contributed by atoms with E-state index in [1.165, 1.54) is 11.1 Å². The molecule has 12 heavy (non-hydrogen) atoms. The molecule has 1 aliphatic carbocycles. The first-order valence-corrected chi connectivity index (χ1v) is 4.30. The zero-order valence-electron chi connectivity index (χ0n) is 6.90. The molecule has 1 atom stereocenters. The van der Waals surface area contributed by atoms with Gasteiger partial charge in [0.15, 0.2) is 0 Å². The monoisotopic (exact) mass is 160 g/mol. The van der Waals surface area contributed by atoms with Gasteiger partial charge in [-0.2, -0.15) is 0 Å². The van der Waals surface area contributed by atoms with Crippen LogP contribution in [-0.2, 0) is 6.42 Å². The zero-order valence-corrected chi connectivity index (χ0v) is 6.90. The fourth-order valence-electron chi connectivity index (χ4n) is 1.54. The maximum atomic E-state index is 9.37. The molecule has 0 heterocycles. The highest BCUT2D eigenvalue weighted by Gasteiger charge is 2.07. The van der Waals surface area contributed by atoms with Crippen molar-refractivity contribution in [3.8, 4) is 0 Å². The van der Waals surface area contributed by atoms with Gasteiger partial charge in [0.1, 0.15) is 0 Å². The highest BCUT2D eigenvalue weighted by Crippen LogP contribution is 2.18. The topological polar surface area (TPSA) is 20.2 Å². The number of rotatable bonds is 0. The smallest absolute Gasteiger partial charge is 0.0727 e. The molecular weight excluding hydrogens is 148 g/mol. The van der Waals surface area contributed by atoms with Crippen molar-refractivity contribution in [3.05, 3.63) is 41.5 Å². The van der Waals surface area contributed by atoms with E-state index < -0.39 is 0 Å². The molecule has 0 aliphatic heterocycles. The number of fused-ring (bicyclic) bond motifs is 1. The fourth-order valence-corrected chi connectivity index (χ4v) is 1.54. The minimum absolute atomic E-state index is 0.266. The number of aliphatic hydroxyl groups excluding tert-OH is 1. The summed E-state index contributed by atoms with van der Waals surface area (Å²) in [4.78, 5) is 0. The fraction of sp³-hybridized carbons (Fsp3) is 0.273. The molecule has 1 aromatic carbocycles. The van der Waals surface area contributed by atoms with Gasteiger partial charge in [-0.1, -0.05) is 36.4 Å². The molecule has 1 nitrogen and oxygen atoms in total. The van der Waals surface area contributed by atoms with E-state index in [1.54, 1.807) is 0 Å². The van der Waals surface area contributed by atoms with Crippen LogP contribution in [0.2, 0.25) is 0 Å². The van der Waals surface area contributed by atoms with Crippen LogP contribution in [0.15, 0.2) is 30.3 Å². The van der Waals surface area contributed by atoms with Crippen molar-refractivity contribution in [2.45, 2.75) is 18.9 Å². The van der Waals surface area contributed by atoms with Gasteiger partial charge in [0.05, 0.1) is 6.10 Å². The Morgan fingerprint density at radius 1 is 1.25 bits per heavy atom. The van der Waals surface area contributed by atoms with E-state index in [9.17, 15) is 5.11 Å². The molecule has 0 aromatic heterocycles. The third-order valence-electron chi connectivity index (χ3n) is 2.26. The molecule has 1 aromatic rings. The van der Waals surface area contributed by atoms with Crippen molar-refractivity contribution >= 4 is 6.08 Å². The standard InChI is InChI=1S/C11H12O/c12-11-7-5-9-3-1-2-4-10(9)6-8-11/h1-5,7,11-12H,6,8H2/t11-/m1/s1. The van der Waals surface area contributed by atoms with E-state index in [1.807, 2.05) is 24.3 Å². The molecule has 62 valence electrons. The van der Waals surface area contributed by atoms with Crippen molar-refractivity contribution in [2.75, 3.05) is 0 Å². The second kappa shape index (κ2) is 3.11. The third kappa shape index (κ3) is 1.41. The summed E-state index contributed by atoms with van der Waals surface area (Å²) in [5.41, 5.74) is 2.58. The van der Waals surface area contributed by atoms with Crippen LogP contribution in [-0.4, -0.2) is 11.2 Å². The molecule has 0 fully saturated rings. The summed E-state index contributed by atoms with van der Waals surface area (Å²) in [6, 6.07) is 8.28. The lowest BCUT2D eigenvalue weighted by atomic mass is 10.0. The lowest BCUT2D eigenvalue weighted by molar-refractivity contribution is 0.214. The number of aliphatic hydroxyl groups is 1. The van der Waals surface area contributed by atoms with Crippen LogP contribution in [0, 0.1) is 0 Å². The van der Waals surface area contributed by atoms with Crippen molar-refractivity contribution < 1.29 is 5.11 Å². The molecule has 0 saturated carbocycles. The van der Waals surface area contributed by atoms with Gasteiger partial charge in [-0.25, -0.2) is 0 Å². The summed E-state index contributed by atoms with van der Waals surface area (Å²) in [6.45, 7) is 0. The van der Waals surface area contributed by atoms with E-state index in [0.29, 0.717) is 0 Å². The SMILES string of the molecule is O[C@@H]1C=Cc2ccccc2CC1. The quantitative estimate of drug-likeness (QED) is 0.615. The molecule has 0 amide bonds. The van der Waals surface area contributed by atoms with Gasteiger partial charge < -0.3 is 5.11 Å². The highest BCUT2D eigenvalue weighted by atomic mass is 16.3. The molecule has 0 radical (unpaired) electrons. The number of hydrogen-bond donors (Lipinski definition) is 1. The molecule has 1 aliphatic rings. The van der Waals surface area contributed by atoms with Crippen LogP contribution in [0.1, 0.15) is 17.5 Å². The van der Waals surface area contributed by atoms with Gasteiger partial charge >= 0.3 is 0 Å². The van der Waals surface area contributed by atoms with Gasteiger partial charge in [-0.15, -0.1) is 0 Å². The molecule has 0 saturated heterocycles. The van der Waals surface area contributed by atoms with E-state index in [4.69, 9.17) is 0 Å². The summed E-state index contributed by atoms with van der Waals surface area (Å²) in [5.74, 6) is 0. The van der Waals surface area contributed by atoms with Crippen LogP contribution < -0.4 is 0 Å². The van der Waals surface area contributed by atoms with Crippen LogP contribution in [0.5, 0.6) is 0 Å². The average Bonchev–Trinajstić information content (AvgIpc) is 2.29. The Morgan fingerprint density at radius 2 is 2.08 bits per heavy atom. The maximum Gasteiger partial charge on any atom is 0.0727 e. The normalized spacial score (nSPS) is 21.6. The predicted octanol–water partition coefficient (Wildman–Crippen LogP) is 2.01. The first kappa shape index (κ1) is 7.56. The first-order valence-electron chi connectivity index (χ1n) is 4.30. The van der Waals surface area contributed by atoms with Crippen molar-refractivity contribution in [3.63, 3.8) is 0 Å². The molecule has 2 rings (SSSR count). The Kier molecular flexibility index (Phi) is 1.96. The Hall–Kier alpha value is -1.08. The predicted molar refractivity (Wildman–Crippen MR) is 49.8 cm³/mol. The second-order valence-corrected chi connectivity index (χ2v) is 3.16. The summed E-state index contributed by atoms with van der Waals surface area (Å²) in [6.07, 6.45) is 5.42. The Labute approximate surface area is 72.4 Å². The average molecular weight is 160 g/mol. The van der Waals surface area contributed by atoms with Gasteiger partial charge in [0.2, 0.25) is 0 Å². The van der Waals surface area contributed by atoms with Crippen molar-refractivity contribution in [2.24, 2.45) is 0 Å². The van der Waals surface area contributed by atoms with Gasteiger partial charge in [0, 0.05) is 0 Å². The van der Waals surface area contributed by atoms with E-state index in [2.05, 4.69) is 12.1 Å². The Bertz CT molecular complexity index is 302. The molecule has 0 unspecified atom stereocenters. The number of hydrogen-bond acceptors (Lipinski definition) is 1. The van der Waals surface area contributed by atoms with Crippen LogP contribution >= 0.6 is 0 Å². The summed E-state index contributed by atoms with van der Waals surface area (Å²) in [5, 5.41) is 9.37. The summed E-state index contributed by atoms with van der Waals surface area (Å²) < 4.78 is 0. The molecule has 0 spiro atoms. The van der Waals surface area contributed by atoms with E-state index in [-0.39, 0.29) is 6.10 Å². The van der Waals surface area contributed by atoms with Crippen molar-refractivity contribution in [1.29, 1.82) is 0 Å². The summed E-state index contributed by atoms with van der Waals surface area (Å²) >= 11 is 0. The highest BCUT2D eigenvalue weighted by molar-refractivity contribution is 5.55. The maximum absolute atomic E-state index is 9.37. The minimum atomic E-state index is -0.266. The largest absolute Gasteiger partial charge is 0.389 e. The number of aryl methyl sites for hydroxylation is 1. The van der Waals surface area contributed by atoms with Crippen molar-refractivity contribution in [1.82, 2.24) is 0 Å². The van der Waals surface area contributed by atoms with Gasteiger partial charge in [-0.05, 0) is 24.0 Å². The van der Waals surface area contributed by atoms with Crippen LogP contribution in [0.25, 0.3) is 6.08 Å². The Morgan fingerprint density at radius 3 is 3.00 bits per heavy atom. The Balaban J connectivity index is 2.39. The molecule has 1 heteroatoms. The summed E-state index contributed by atoms with van der Waals surface area (Å²) in [7, 11) is 0. The lowest BCUT2D eigenvalue weighted by Crippen LogP contribution is -2.01. The number of benzene rings is 1. The lowest BCUT2D eigenvalue weighted by Gasteiger charge is -2.02. The molecular formula is C11H12O. The first-order chi connectivity index (χ1) is 5.86. The second-order valence-electron chi connectivity index (χ2n) is 3.16. The van der Waals surface area contributed by atoms with Gasteiger partial charge in [0.25, 0.3) is 0 Å². The molecule has 1 N–H and O–H groups in total. The van der Waals surface area contributed by atoms with E-state index >= 15 is 0 Å². The molecule has 0 bridgehead atoms. The van der Waals surface area contributed by atoms with Crippen LogP contribution in [0.3, 0.4) is 0 Å². The van der Waals surface area contributed by atoms with Crippen LogP contribution in [0.4, 0.5) is 0 Å². The minimum Gasteiger partial charge on any atom is -0.389 e. The van der Waals surface area contributed by atoms with Gasteiger partial charge in [-0.3, -0.25) is 0 Å². The third-order valence-corrected chi connectivity index (χ3v) is 2.26.